The van der Waals surface area contributed by atoms with Gasteiger partial charge in [0, 0.05) is 11.4 Å². The molecule has 0 saturated heterocycles. The highest BCUT2D eigenvalue weighted by atomic mass is 14.9. The van der Waals surface area contributed by atoms with Crippen LogP contribution in [-0.2, 0) is 0 Å². The molecule has 0 atom stereocenters. The number of rotatable bonds is 2. The molecule has 0 spiro atoms. The Balaban J connectivity index is 2.96. The third-order valence-electron chi connectivity index (χ3n) is 1.98. The molecule has 0 aliphatic heterocycles. The summed E-state index contributed by atoms with van der Waals surface area (Å²) in [6, 6.07) is 0. The Morgan fingerprint density at radius 3 is 2.29 bits per heavy atom. The van der Waals surface area contributed by atoms with Crippen molar-refractivity contribution in [3.63, 3.8) is 0 Å². The van der Waals surface area contributed by atoms with E-state index in [0.29, 0.717) is 0 Å². The van der Waals surface area contributed by atoms with Gasteiger partial charge in [0.2, 0.25) is 0 Å². The number of aromatic nitrogens is 2. The molecule has 0 radical (unpaired) electrons. The molecule has 2 N–H and O–H groups in total. The van der Waals surface area contributed by atoms with Crippen LogP contribution in [0.1, 0.15) is 20.8 Å². The second-order valence-electron chi connectivity index (χ2n) is 3.10. The first-order valence-corrected chi connectivity index (χ1v) is 4.35. The molecule has 1 heterocycles. The summed E-state index contributed by atoms with van der Waals surface area (Å²) >= 11 is 0. The normalized spacial score (nSPS) is 13.8. The van der Waals surface area contributed by atoms with Gasteiger partial charge in [-0.25, -0.2) is 9.97 Å². The number of aliphatic imine (C=N–C) groups is 1. The van der Waals surface area contributed by atoms with Gasteiger partial charge in [0.25, 0.3) is 0 Å². The molecule has 0 bridgehead atoms. The summed E-state index contributed by atoms with van der Waals surface area (Å²) in [4.78, 5) is 12.1. The molecular formula is C10H14N4. The van der Waals surface area contributed by atoms with Crippen LogP contribution in [0, 0.1) is 0 Å². The lowest BCUT2D eigenvalue weighted by Gasteiger charge is -2.02. The second kappa shape index (κ2) is 4.50. The van der Waals surface area contributed by atoms with Gasteiger partial charge in [0.05, 0.1) is 18.1 Å². The molecule has 0 unspecified atom stereocenters. The third kappa shape index (κ3) is 2.65. The third-order valence-corrected chi connectivity index (χ3v) is 1.98. The Morgan fingerprint density at radius 1 is 1.21 bits per heavy atom. The summed E-state index contributed by atoms with van der Waals surface area (Å²) in [6.45, 7) is 5.71. The van der Waals surface area contributed by atoms with Crippen LogP contribution in [-0.4, -0.2) is 15.7 Å². The first-order valence-electron chi connectivity index (χ1n) is 4.35. The van der Waals surface area contributed by atoms with E-state index >= 15 is 0 Å². The van der Waals surface area contributed by atoms with E-state index in [9.17, 15) is 0 Å². The van der Waals surface area contributed by atoms with Gasteiger partial charge in [-0.1, -0.05) is 0 Å². The predicted octanol–water partition coefficient (Wildman–Crippen LogP) is 1.82. The van der Waals surface area contributed by atoms with Crippen molar-refractivity contribution in [2.24, 2.45) is 10.7 Å². The van der Waals surface area contributed by atoms with Crippen LogP contribution in [0.15, 0.2) is 35.0 Å². The average Bonchev–Trinajstić information content (AvgIpc) is 2.18. The molecule has 1 aromatic heterocycles. The van der Waals surface area contributed by atoms with Crippen molar-refractivity contribution in [1.82, 2.24) is 9.97 Å². The van der Waals surface area contributed by atoms with E-state index in [2.05, 4.69) is 15.0 Å². The fourth-order valence-electron chi connectivity index (χ4n) is 0.912. The predicted molar refractivity (Wildman–Crippen MR) is 57.4 cm³/mol. The highest BCUT2D eigenvalue weighted by Gasteiger charge is 1.98. The fraction of sp³-hybridized carbons (Fsp3) is 0.300. The summed E-state index contributed by atoms with van der Waals surface area (Å²) in [5.41, 5.74) is 9.06. The van der Waals surface area contributed by atoms with E-state index in [1.807, 2.05) is 20.8 Å². The van der Waals surface area contributed by atoms with E-state index in [0.717, 1.165) is 22.7 Å². The molecule has 0 aromatic carbocycles. The van der Waals surface area contributed by atoms with Crippen molar-refractivity contribution < 1.29 is 0 Å². The zero-order valence-corrected chi connectivity index (χ0v) is 8.65. The number of hydrogen-bond acceptors (Lipinski definition) is 4. The first-order chi connectivity index (χ1) is 6.61. The van der Waals surface area contributed by atoms with Gasteiger partial charge in [0.1, 0.15) is 6.33 Å². The molecule has 1 aromatic rings. The quantitative estimate of drug-likeness (QED) is 0.723. The maximum Gasteiger partial charge on any atom is 0.115 e. The van der Waals surface area contributed by atoms with Gasteiger partial charge in [-0.05, 0) is 26.3 Å². The molecule has 4 nitrogen and oxygen atoms in total. The molecular weight excluding hydrogens is 176 g/mol. The van der Waals surface area contributed by atoms with Crippen molar-refractivity contribution in [3.05, 3.63) is 30.0 Å². The van der Waals surface area contributed by atoms with Gasteiger partial charge in [0.15, 0.2) is 0 Å². The largest absolute Gasteiger partial charge is 0.402 e. The Labute approximate surface area is 83.6 Å². The smallest absolute Gasteiger partial charge is 0.115 e. The maximum atomic E-state index is 5.66. The van der Waals surface area contributed by atoms with Crippen LogP contribution in [0.4, 0.5) is 5.69 Å². The molecule has 0 saturated carbocycles. The SMILES string of the molecule is CC(=Nc1cncnc1)/C(C)=C(/C)N. The summed E-state index contributed by atoms with van der Waals surface area (Å²) in [5, 5.41) is 0. The lowest BCUT2D eigenvalue weighted by molar-refractivity contribution is 1.15. The van der Waals surface area contributed by atoms with Gasteiger partial charge in [-0.2, -0.15) is 0 Å². The number of nitrogens with two attached hydrogens (primary N) is 1. The van der Waals surface area contributed by atoms with Crippen molar-refractivity contribution in [3.8, 4) is 0 Å². The molecule has 0 aliphatic rings. The Kier molecular flexibility index (Phi) is 3.34. The molecule has 74 valence electrons. The summed E-state index contributed by atoms with van der Waals surface area (Å²) < 4.78 is 0. The molecule has 0 aliphatic carbocycles. The number of hydrogen-bond donors (Lipinski definition) is 1. The van der Waals surface area contributed by atoms with Gasteiger partial charge >= 0.3 is 0 Å². The van der Waals surface area contributed by atoms with E-state index < -0.39 is 0 Å². The minimum absolute atomic E-state index is 0.741. The monoisotopic (exact) mass is 190 g/mol. The summed E-state index contributed by atoms with van der Waals surface area (Å²) in [5.74, 6) is 0. The van der Waals surface area contributed by atoms with E-state index in [1.54, 1.807) is 12.4 Å². The molecule has 1 rings (SSSR count). The zero-order valence-electron chi connectivity index (χ0n) is 8.65. The average molecular weight is 190 g/mol. The standard InChI is InChI=1S/C10H14N4/c1-7(8(2)11)9(3)14-10-4-12-6-13-5-10/h4-6H,11H2,1-3H3/b8-7-,14-9?. The Bertz CT molecular complexity index is 361. The van der Waals surface area contributed by atoms with Crippen molar-refractivity contribution in [2.75, 3.05) is 0 Å². The molecule has 14 heavy (non-hydrogen) atoms. The van der Waals surface area contributed by atoms with Gasteiger partial charge < -0.3 is 5.73 Å². The van der Waals surface area contributed by atoms with Crippen molar-refractivity contribution in [2.45, 2.75) is 20.8 Å². The van der Waals surface area contributed by atoms with Crippen LogP contribution in [0.2, 0.25) is 0 Å². The van der Waals surface area contributed by atoms with Gasteiger partial charge in [-0.15, -0.1) is 0 Å². The van der Waals surface area contributed by atoms with Crippen LogP contribution in [0.5, 0.6) is 0 Å². The highest BCUT2D eigenvalue weighted by molar-refractivity contribution is 5.99. The molecule has 0 amide bonds. The molecule has 4 heteroatoms. The van der Waals surface area contributed by atoms with Crippen molar-refractivity contribution in [1.29, 1.82) is 0 Å². The van der Waals surface area contributed by atoms with Crippen LogP contribution >= 0.6 is 0 Å². The lowest BCUT2D eigenvalue weighted by Crippen LogP contribution is -2.02. The Morgan fingerprint density at radius 2 is 1.79 bits per heavy atom. The van der Waals surface area contributed by atoms with E-state index in [-0.39, 0.29) is 0 Å². The number of nitrogens with zero attached hydrogens (tertiary/aromatic N) is 3. The minimum Gasteiger partial charge on any atom is -0.402 e. The Hall–Kier alpha value is -1.71. The maximum absolute atomic E-state index is 5.66. The summed E-state index contributed by atoms with van der Waals surface area (Å²) in [7, 11) is 0. The number of allylic oxidation sites excluding steroid dienone is 2. The van der Waals surface area contributed by atoms with Crippen LogP contribution < -0.4 is 5.73 Å². The second-order valence-corrected chi connectivity index (χ2v) is 3.10. The first kappa shape index (κ1) is 10.4. The summed E-state index contributed by atoms with van der Waals surface area (Å²) in [6.07, 6.45) is 4.80. The fourth-order valence-corrected chi connectivity index (χ4v) is 0.912. The lowest BCUT2D eigenvalue weighted by atomic mass is 10.1. The van der Waals surface area contributed by atoms with Crippen molar-refractivity contribution >= 4 is 11.4 Å². The highest BCUT2D eigenvalue weighted by Crippen LogP contribution is 2.10. The minimum atomic E-state index is 0.741. The molecule has 0 fully saturated rings. The van der Waals surface area contributed by atoms with Gasteiger partial charge in [-0.3, -0.25) is 4.99 Å². The van der Waals surface area contributed by atoms with Crippen LogP contribution in [0.3, 0.4) is 0 Å². The zero-order chi connectivity index (χ0) is 10.6. The topological polar surface area (TPSA) is 64.2 Å². The van der Waals surface area contributed by atoms with E-state index in [4.69, 9.17) is 5.73 Å². The van der Waals surface area contributed by atoms with Crippen LogP contribution in [0.25, 0.3) is 0 Å². The van der Waals surface area contributed by atoms with E-state index in [1.165, 1.54) is 6.33 Å².